The number of halogens is 1. The minimum Gasteiger partial charge on any atom is -0.341 e. The number of aliphatic imine (C=N–C) groups is 1. The quantitative estimate of drug-likeness (QED) is 0.651. The van der Waals surface area contributed by atoms with Gasteiger partial charge in [0.1, 0.15) is 5.82 Å². The molecule has 1 N–H and O–H groups in total. The van der Waals surface area contributed by atoms with Gasteiger partial charge in [-0.3, -0.25) is 4.90 Å². The average molecular weight is 418 g/mol. The lowest BCUT2D eigenvalue weighted by Gasteiger charge is -2.22. The van der Waals surface area contributed by atoms with E-state index in [4.69, 9.17) is 14.5 Å². The second-order valence-corrected chi connectivity index (χ2v) is 7.10. The summed E-state index contributed by atoms with van der Waals surface area (Å²) in [5.41, 5.74) is 3.50. The van der Waals surface area contributed by atoms with Crippen molar-refractivity contribution >= 4 is 12.3 Å². The van der Waals surface area contributed by atoms with Gasteiger partial charge < -0.3 is 14.5 Å². The Balaban J connectivity index is 1.56. The van der Waals surface area contributed by atoms with Gasteiger partial charge in [0.15, 0.2) is 5.82 Å². The van der Waals surface area contributed by atoms with Crippen LogP contribution in [-0.4, -0.2) is 46.0 Å². The van der Waals surface area contributed by atoms with Crippen LogP contribution in [0.2, 0.25) is 0 Å². The van der Waals surface area contributed by atoms with E-state index in [-0.39, 0.29) is 5.82 Å². The lowest BCUT2D eigenvalue weighted by Crippen LogP contribution is -2.25. The molecule has 0 spiro atoms. The van der Waals surface area contributed by atoms with E-state index in [2.05, 4.69) is 26.5 Å². The molecule has 1 aromatic carbocycles. The second kappa shape index (κ2) is 8.21. The molecule has 1 saturated heterocycles. The predicted molar refractivity (Wildman–Crippen MR) is 114 cm³/mol. The summed E-state index contributed by atoms with van der Waals surface area (Å²) in [7, 11) is 0. The summed E-state index contributed by atoms with van der Waals surface area (Å²) in [6.45, 7) is 5.28. The van der Waals surface area contributed by atoms with Crippen molar-refractivity contribution in [3.8, 4) is 22.6 Å². The van der Waals surface area contributed by atoms with Crippen molar-refractivity contribution < 1.29 is 13.9 Å². The van der Waals surface area contributed by atoms with Crippen LogP contribution in [0.3, 0.4) is 0 Å². The number of H-pyrrole nitrogens is 1. The van der Waals surface area contributed by atoms with Crippen LogP contribution in [0.15, 0.2) is 65.9 Å². The Hall–Kier alpha value is -3.69. The van der Waals surface area contributed by atoms with Gasteiger partial charge in [0.2, 0.25) is 12.2 Å². The molecule has 0 saturated carbocycles. The summed E-state index contributed by atoms with van der Waals surface area (Å²) in [4.78, 5) is 23.0. The van der Waals surface area contributed by atoms with E-state index in [0.29, 0.717) is 48.6 Å². The van der Waals surface area contributed by atoms with Crippen LogP contribution in [0.25, 0.3) is 22.6 Å². The molecule has 0 aliphatic carbocycles. The molecule has 2 aliphatic rings. The number of rotatable bonds is 4. The summed E-state index contributed by atoms with van der Waals surface area (Å²) in [6, 6.07) is 7.93. The summed E-state index contributed by atoms with van der Waals surface area (Å²) >= 11 is 0. The number of nitrogens with one attached hydrogen (secondary N) is 1. The molecule has 3 aromatic rings. The summed E-state index contributed by atoms with van der Waals surface area (Å²) in [5.74, 6) is 0.693. The number of ether oxygens (including phenoxy) is 2. The van der Waals surface area contributed by atoms with E-state index in [1.807, 2.05) is 11.0 Å². The molecule has 0 bridgehead atoms. The fraction of sp³-hybridized carbons (Fsp3) is 0.182. The van der Waals surface area contributed by atoms with Gasteiger partial charge in [0, 0.05) is 24.5 Å². The van der Waals surface area contributed by atoms with E-state index in [1.54, 1.807) is 36.9 Å². The molecule has 0 radical (unpaired) electrons. The SMILES string of the molecule is C=C1COC(c2nc(-c3ccc(F)cc3)c(-c3ccnc(N4C=NC=CC4)n3)[nH]2)OC1. The van der Waals surface area contributed by atoms with Gasteiger partial charge in [-0.15, -0.1) is 0 Å². The van der Waals surface area contributed by atoms with E-state index < -0.39 is 6.29 Å². The molecule has 5 rings (SSSR count). The number of aromatic amines is 1. The fourth-order valence-corrected chi connectivity index (χ4v) is 3.29. The summed E-state index contributed by atoms with van der Waals surface area (Å²) in [5, 5.41) is 0. The normalized spacial score (nSPS) is 16.8. The van der Waals surface area contributed by atoms with Crippen LogP contribution in [-0.2, 0) is 9.47 Å². The number of benzene rings is 1. The number of hydrogen-bond donors (Lipinski definition) is 1. The van der Waals surface area contributed by atoms with Crippen LogP contribution in [0, 0.1) is 5.82 Å². The van der Waals surface area contributed by atoms with E-state index in [1.165, 1.54) is 12.1 Å². The van der Waals surface area contributed by atoms with Crippen molar-refractivity contribution in [1.82, 2.24) is 19.9 Å². The minimum absolute atomic E-state index is 0.319. The molecule has 0 atom stereocenters. The van der Waals surface area contributed by atoms with Gasteiger partial charge in [0.25, 0.3) is 0 Å². The monoisotopic (exact) mass is 418 g/mol. The highest BCUT2D eigenvalue weighted by Crippen LogP contribution is 2.33. The van der Waals surface area contributed by atoms with Crippen molar-refractivity contribution in [2.75, 3.05) is 24.7 Å². The highest BCUT2D eigenvalue weighted by Gasteiger charge is 2.25. The standard InChI is InChI=1S/C22H19FN6O2/c1-14-11-30-21(31-12-14)20-27-18(15-3-5-16(23)6-4-15)19(28-20)17-7-9-25-22(26-17)29-10-2-8-24-13-29/h2-9,13,21H,1,10-12H2,(H,27,28). The second-order valence-electron chi connectivity index (χ2n) is 7.10. The van der Waals surface area contributed by atoms with E-state index >= 15 is 0 Å². The number of hydrogen-bond acceptors (Lipinski definition) is 7. The van der Waals surface area contributed by atoms with E-state index in [0.717, 1.165) is 11.1 Å². The third-order valence-electron chi connectivity index (χ3n) is 4.80. The van der Waals surface area contributed by atoms with Crippen LogP contribution in [0.5, 0.6) is 0 Å². The molecule has 1 fully saturated rings. The zero-order chi connectivity index (χ0) is 21.2. The lowest BCUT2D eigenvalue weighted by atomic mass is 10.1. The third kappa shape index (κ3) is 4.00. The largest absolute Gasteiger partial charge is 0.341 e. The highest BCUT2D eigenvalue weighted by molar-refractivity contribution is 5.80. The Morgan fingerprint density at radius 1 is 1.10 bits per heavy atom. The number of nitrogens with zero attached hydrogens (tertiary/aromatic N) is 5. The smallest absolute Gasteiger partial charge is 0.231 e. The Labute approximate surface area is 177 Å². The maximum atomic E-state index is 13.5. The zero-order valence-electron chi connectivity index (χ0n) is 16.5. The highest BCUT2D eigenvalue weighted by atomic mass is 19.1. The summed E-state index contributed by atoms with van der Waals surface area (Å²) in [6.07, 6.45) is 6.34. The molecule has 2 aliphatic heterocycles. The maximum Gasteiger partial charge on any atom is 0.231 e. The number of imidazole rings is 1. The first-order chi connectivity index (χ1) is 15.2. The van der Waals surface area contributed by atoms with Gasteiger partial charge in [-0.05, 0) is 42.0 Å². The van der Waals surface area contributed by atoms with Crippen LogP contribution >= 0.6 is 0 Å². The van der Waals surface area contributed by atoms with Gasteiger partial charge in [-0.1, -0.05) is 6.58 Å². The van der Waals surface area contributed by atoms with Gasteiger partial charge in [-0.2, -0.15) is 0 Å². The Morgan fingerprint density at radius 3 is 2.65 bits per heavy atom. The number of anilines is 1. The minimum atomic E-state index is -0.654. The molecule has 8 nitrogen and oxygen atoms in total. The van der Waals surface area contributed by atoms with Crippen LogP contribution in [0.1, 0.15) is 12.1 Å². The Bertz CT molecular complexity index is 1160. The van der Waals surface area contributed by atoms with Crippen molar-refractivity contribution in [2.24, 2.45) is 4.99 Å². The Kier molecular flexibility index (Phi) is 5.11. The number of aromatic nitrogens is 4. The van der Waals surface area contributed by atoms with Crippen molar-refractivity contribution in [2.45, 2.75) is 6.29 Å². The van der Waals surface area contributed by atoms with Gasteiger partial charge >= 0.3 is 0 Å². The van der Waals surface area contributed by atoms with Crippen LogP contribution < -0.4 is 4.90 Å². The molecule has 31 heavy (non-hydrogen) atoms. The first kappa shape index (κ1) is 19.3. The topological polar surface area (TPSA) is 88.5 Å². The van der Waals surface area contributed by atoms with Crippen LogP contribution in [0.4, 0.5) is 10.3 Å². The molecule has 4 heterocycles. The average Bonchev–Trinajstić information content (AvgIpc) is 3.26. The fourth-order valence-electron chi connectivity index (χ4n) is 3.29. The van der Waals surface area contributed by atoms with Gasteiger partial charge in [0.05, 0.1) is 36.6 Å². The molecule has 0 amide bonds. The first-order valence-corrected chi connectivity index (χ1v) is 9.71. The van der Waals surface area contributed by atoms with Gasteiger partial charge in [-0.25, -0.2) is 24.3 Å². The lowest BCUT2D eigenvalue weighted by molar-refractivity contribution is -0.165. The third-order valence-corrected chi connectivity index (χ3v) is 4.80. The molecule has 0 unspecified atom stereocenters. The summed E-state index contributed by atoms with van der Waals surface area (Å²) < 4.78 is 24.9. The predicted octanol–water partition coefficient (Wildman–Crippen LogP) is 3.64. The van der Waals surface area contributed by atoms with Crippen molar-refractivity contribution in [3.63, 3.8) is 0 Å². The Morgan fingerprint density at radius 2 is 1.90 bits per heavy atom. The maximum absolute atomic E-state index is 13.5. The molecule has 9 heteroatoms. The molecular weight excluding hydrogens is 399 g/mol. The molecule has 2 aromatic heterocycles. The zero-order valence-corrected chi connectivity index (χ0v) is 16.5. The van der Waals surface area contributed by atoms with Crippen molar-refractivity contribution in [3.05, 3.63) is 72.6 Å². The molecule has 156 valence electrons. The molecular formula is C22H19FN6O2. The first-order valence-electron chi connectivity index (χ1n) is 9.71. The van der Waals surface area contributed by atoms with Crippen molar-refractivity contribution in [1.29, 1.82) is 0 Å². The van der Waals surface area contributed by atoms with E-state index in [9.17, 15) is 4.39 Å².